The molecule has 3 rings (SSSR count). The first-order valence-corrected chi connectivity index (χ1v) is 10.4. The minimum absolute atomic E-state index is 0.151. The lowest BCUT2D eigenvalue weighted by Crippen LogP contribution is -2.33. The molecule has 138 valence electrons. The zero-order chi connectivity index (χ0) is 19.1. The Kier molecular flexibility index (Phi) is 5.14. The van der Waals surface area contributed by atoms with Gasteiger partial charge < -0.3 is 10.5 Å². The molecule has 2 aromatic rings. The van der Waals surface area contributed by atoms with E-state index in [0.717, 1.165) is 11.1 Å². The minimum Gasteiger partial charge on any atom is -0.393 e. The van der Waals surface area contributed by atoms with Gasteiger partial charge in [-0.15, -0.1) is 0 Å². The second kappa shape index (κ2) is 6.93. The van der Waals surface area contributed by atoms with Crippen molar-refractivity contribution in [3.63, 3.8) is 0 Å². The van der Waals surface area contributed by atoms with Gasteiger partial charge in [-0.1, -0.05) is 53.6 Å². The molecule has 0 heterocycles. The first-order chi connectivity index (χ1) is 12.2. The van der Waals surface area contributed by atoms with Crippen molar-refractivity contribution >= 4 is 38.6 Å². The third-order valence-corrected chi connectivity index (χ3v) is 7.93. The summed E-state index contributed by atoms with van der Waals surface area (Å²) in [6, 6.07) is 13.9. The summed E-state index contributed by atoms with van der Waals surface area (Å²) in [5.74, 6) is -0.346. The molecule has 26 heavy (non-hydrogen) atoms. The van der Waals surface area contributed by atoms with E-state index in [-0.39, 0.29) is 22.4 Å². The zero-order valence-corrected chi connectivity index (χ0v) is 16.9. The minimum atomic E-state index is -3.67. The largest absolute Gasteiger partial charge is 0.393 e. The molecule has 0 bridgehead atoms. The van der Waals surface area contributed by atoms with Gasteiger partial charge in [0, 0.05) is 18.1 Å². The van der Waals surface area contributed by atoms with E-state index in [0.29, 0.717) is 5.02 Å². The van der Waals surface area contributed by atoms with Crippen molar-refractivity contribution in [2.45, 2.75) is 23.0 Å². The van der Waals surface area contributed by atoms with Crippen molar-refractivity contribution in [3.8, 4) is 0 Å². The van der Waals surface area contributed by atoms with Gasteiger partial charge in [0.15, 0.2) is 9.84 Å². The number of halogens is 1. The maximum atomic E-state index is 13.3. The maximum absolute atomic E-state index is 13.3. The predicted octanol–water partition coefficient (Wildman–Crippen LogP) is 3.51. The fourth-order valence-electron chi connectivity index (χ4n) is 3.65. The Bertz CT molecular complexity index is 926. The smallest absolute Gasteiger partial charge is 0.182 e. The topological polar surface area (TPSA) is 69.4 Å². The van der Waals surface area contributed by atoms with Crippen LogP contribution in [0.2, 0.25) is 5.02 Å². The molecule has 1 aliphatic rings. The lowest BCUT2D eigenvalue weighted by molar-refractivity contribution is 0.166. The van der Waals surface area contributed by atoms with E-state index < -0.39 is 20.5 Å². The average molecular weight is 410 g/mol. The Balaban J connectivity index is 2.11. The number of methoxy groups -OCH3 is 1. The standard InChI is InChI=1S/C19H20ClNO3S2/c1-12-3-5-13(6-4-12)16-17(19(16,11-24-2)18(21)25)26(22,23)15-9-7-14(20)8-10-15/h3-10,16-17H,11H2,1-2H3,(H2,21,25)/t16-,17+,19+/m1/s1. The summed E-state index contributed by atoms with van der Waals surface area (Å²) in [6.07, 6.45) is 0. The van der Waals surface area contributed by atoms with Crippen molar-refractivity contribution in [3.05, 3.63) is 64.7 Å². The summed E-state index contributed by atoms with van der Waals surface area (Å²) >= 11 is 11.2. The van der Waals surface area contributed by atoms with Gasteiger partial charge in [-0.25, -0.2) is 8.42 Å². The Morgan fingerprint density at radius 1 is 1.19 bits per heavy atom. The number of hydrogen-bond donors (Lipinski definition) is 1. The van der Waals surface area contributed by atoms with Crippen LogP contribution in [0.25, 0.3) is 0 Å². The van der Waals surface area contributed by atoms with Gasteiger partial charge >= 0.3 is 0 Å². The molecule has 1 aliphatic carbocycles. The van der Waals surface area contributed by atoms with Gasteiger partial charge in [0.1, 0.15) is 0 Å². The molecule has 0 amide bonds. The number of nitrogens with two attached hydrogens (primary N) is 1. The number of ether oxygens (including phenoxy) is 1. The third kappa shape index (κ3) is 3.05. The molecule has 4 nitrogen and oxygen atoms in total. The van der Waals surface area contributed by atoms with Crippen molar-refractivity contribution in [2.24, 2.45) is 11.1 Å². The van der Waals surface area contributed by atoms with Gasteiger partial charge in [-0.2, -0.15) is 0 Å². The lowest BCUT2D eigenvalue weighted by Gasteiger charge is -2.16. The van der Waals surface area contributed by atoms with E-state index in [9.17, 15) is 8.42 Å². The van der Waals surface area contributed by atoms with Gasteiger partial charge in [-0.3, -0.25) is 0 Å². The van der Waals surface area contributed by atoms with Crippen LogP contribution in [0.15, 0.2) is 53.4 Å². The Morgan fingerprint density at radius 2 is 1.77 bits per heavy atom. The molecule has 0 radical (unpaired) electrons. The number of thiocarbonyl (C=S) groups is 1. The van der Waals surface area contributed by atoms with Crippen LogP contribution in [-0.4, -0.2) is 32.4 Å². The third-order valence-electron chi connectivity index (χ3n) is 5.01. The first kappa shape index (κ1) is 19.3. The molecule has 0 aliphatic heterocycles. The van der Waals surface area contributed by atoms with E-state index in [1.807, 2.05) is 31.2 Å². The molecule has 0 saturated heterocycles. The molecule has 3 atom stereocenters. The predicted molar refractivity (Wildman–Crippen MR) is 107 cm³/mol. The fraction of sp³-hybridized carbons (Fsp3) is 0.316. The number of aryl methyl sites for hydroxylation is 1. The second-order valence-corrected chi connectivity index (χ2v) is 9.59. The van der Waals surface area contributed by atoms with Gasteiger partial charge in [0.25, 0.3) is 0 Å². The van der Waals surface area contributed by atoms with Crippen molar-refractivity contribution in [2.75, 3.05) is 13.7 Å². The van der Waals surface area contributed by atoms with Crippen LogP contribution in [0.3, 0.4) is 0 Å². The average Bonchev–Trinajstić information content (AvgIpc) is 3.27. The molecular weight excluding hydrogens is 390 g/mol. The van der Waals surface area contributed by atoms with Crippen LogP contribution >= 0.6 is 23.8 Å². The quantitative estimate of drug-likeness (QED) is 0.739. The lowest BCUT2D eigenvalue weighted by atomic mass is 9.99. The SMILES string of the molecule is COC[C@]1(C(N)=S)[C@H](c2ccc(C)cc2)[C@@H]1S(=O)(=O)c1ccc(Cl)cc1. The monoisotopic (exact) mass is 409 g/mol. The summed E-state index contributed by atoms with van der Waals surface area (Å²) in [4.78, 5) is 0.366. The Labute approximate surface area is 164 Å². The van der Waals surface area contributed by atoms with Crippen LogP contribution in [-0.2, 0) is 14.6 Å². The molecule has 2 aromatic carbocycles. The number of benzene rings is 2. The van der Waals surface area contributed by atoms with Crippen LogP contribution in [0.5, 0.6) is 0 Å². The highest BCUT2D eigenvalue weighted by atomic mass is 35.5. The molecular formula is C19H20ClNO3S2. The van der Waals surface area contributed by atoms with Crippen LogP contribution in [0.1, 0.15) is 17.0 Å². The van der Waals surface area contributed by atoms with Crippen LogP contribution in [0, 0.1) is 12.3 Å². The van der Waals surface area contributed by atoms with E-state index in [2.05, 4.69) is 0 Å². The first-order valence-electron chi connectivity index (χ1n) is 8.10. The van der Waals surface area contributed by atoms with E-state index in [1.54, 1.807) is 12.1 Å². The van der Waals surface area contributed by atoms with E-state index >= 15 is 0 Å². The molecule has 7 heteroatoms. The number of hydrogen-bond acceptors (Lipinski definition) is 4. The molecule has 1 saturated carbocycles. The second-order valence-electron chi connectivity index (χ2n) is 6.65. The van der Waals surface area contributed by atoms with Crippen LogP contribution in [0.4, 0.5) is 0 Å². The van der Waals surface area contributed by atoms with Gasteiger partial charge in [-0.05, 0) is 36.8 Å². The van der Waals surface area contributed by atoms with Crippen molar-refractivity contribution in [1.29, 1.82) is 0 Å². The molecule has 0 aromatic heterocycles. The fourth-order valence-corrected chi connectivity index (χ4v) is 6.55. The molecule has 0 unspecified atom stereocenters. The van der Waals surface area contributed by atoms with Crippen molar-refractivity contribution in [1.82, 2.24) is 0 Å². The molecule has 0 spiro atoms. The Morgan fingerprint density at radius 3 is 2.27 bits per heavy atom. The molecule has 2 N–H and O–H groups in total. The zero-order valence-electron chi connectivity index (χ0n) is 14.5. The number of sulfone groups is 1. The highest BCUT2D eigenvalue weighted by Crippen LogP contribution is 2.64. The highest BCUT2D eigenvalue weighted by molar-refractivity contribution is 7.92. The van der Waals surface area contributed by atoms with E-state index in [1.165, 1.54) is 19.2 Å². The summed E-state index contributed by atoms with van der Waals surface area (Å²) in [5.41, 5.74) is 7.10. The summed E-state index contributed by atoms with van der Waals surface area (Å²) in [5, 5.41) is -0.288. The van der Waals surface area contributed by atoms with Gasteiger partial charge in [0.05, 0.1) is 27.2 Å². The molecule has 1 fully saturated rings. The van der Waals surface area contributed by atoms with E-state index in [4.69, 9.17) is 34.3 Å². The number of rotatable bonds is 6. The van der Waals surface area contributed by atoms with Gasteiger partial charge in [0.2, 0.25) is 0 Å². The Hall–Kier alpha value is -1.47. The van der Waals surface area contributed by atoms with Crippen LogP contribution < -0.4 is 5.73 Å². The van der Waals surface area contributed by atoms with Crippen molar-refractivity contribution < 1.29 is 13.2 Å². The normalized spacial score (nSPS) is 25.0. The highest BCUT2D eigenvalue weighted by Gasteiger charge is 2.73. The summed E-state index contributed by atoms with van der Waals surface area (Å²) in [7, 11) is -2.15. The summed E-state index contributed by atoms with van der Waals surface area (Å²) < 4.78 is 32.0. The maximum Gasteiger partial charge on any atom is 0.182 e. The summed E-state index contributed by atoms with van der Waals surface area (Å²) in [6.45, 7) is 2.13.